The van der Waals surface area contributed by atoms with Gasteiger partial charge in [-0.05, 0) is 69.4 Å². The van der Waals surface area contributed by atoms with E-state index in [2.05, 4.69) is 5.32 Å². The van der Waals surface area contributed by atoms with Crippen LogP contribution in [0, 0.1) is 0 Å². The van der Waals surface area contributed by atoms with Crippen molar-refractivity contribution < 1.29 is 28.6 Å². The molecule has 1 aliphatic carbocycles. The van der Waals surface area contributed by atoms with Gasteiger partial charge < -0.3 is 19.5 Å². The average Bonchev–Trinajstić information content (AvgIpc) is 3.09. The van der Waals surface area contributed by atoms with E-state index in [0.29, 0.717) is 21.3 Å². The van der Waals surface area contributed by atoms with Crippen LogP contribution < -0.4 is 10.1 Å². The van der Waals surface area contributed by atoms with E-state index in [1.165, 1.54) is 11.3 Å². The van der Waals surface area contributed by atoms with Crippen molar-refractivity contribution in [1.29, 1.82) is 0 Å². The van der Waals surface area contributed by atoms with Crippen LogP contribution in [0.4, 0.5) is 5.00 Å². The number of carbonyl (C=O) groups excluding carboxylic acids is 3. The highest BCUT2D eigenvalue weighted by Gasteiger charge is 2.28. The molecule has 1 N–H and O–H groups in total. The fraction of sp³-hybridized carbons (Fsp3) is 0.409. The summed E-state index contributed by atoms with van der Waals surface area (Å²) in [6.45, 7) is 2.74. The van der Waals surface area contributed by atoms with Gasteiger partial charge >= 0.3 is 11.9 Å². The number of rotatable bonds is 8. The molecule has 0 unspecified atom stereocenters. The van der Waals surface area contributed by atoms with Crippen molar-refractivity contribution in [2.75, 3.05) is 18.5 Å². The van der Waals surface area contributed by atoms with Crippen LogP contribution in [0.3, 0.4) is 0 Å². The zero-order valence-electron chi connectivity index (χ0n) is 17.4. The number of halogens is 1. The van der Waals surface area contributed by atoms with E-state index in [1.54, 1.807) is 38.1 Å². The van der Waals surface area contributed by atoms with Gasteiger partial charge in [0.15, 0.2) is 13.2 Å². The summed E-state index contributed by atoms with van der Waals surface area (Å²) in [5.74, 6) is -1.20. The Morgan fingerprint density at radius 3 is 2.52 bits per heavy atom. The number of thiophene rings is 1. The molecule has 31 heavy (non-hydrogen) atoms. The Labute approximate surface area is 189 Å². The zero-order valence-corrected chi connectivity index (χ0v) is 18.9. The van der Waals surface area contributed by atoms with Crippen LogP contribution >= 0.6 is 22.9 Å². The third kappa shape index (κ3) is 6.45. The van der Waals surface area contributed by atoms with Gasteiger partial charge in [0, 0.05) is 9.90 Å². The number of carbonyl (C=O) groups is 3. The van der Waals surface area contributed by atoms with Crippen molar-refractivity contribution in [2.24, 2.45) is 0 Å². The fourth-order valence-electron chi connectivity index (χ4n) is 3.17. The van der Waals surface area contributed by atoms with Gasteiger partial charge in [0.2, 0.25) is 0 Å². The SMILES string of the molecule is CC(C)OC(=O)c1c(NC(=O)COC(=O)COc2ccc(Cl)cc2)sc2c1CCCC2. The van der Waals surface area contributed by atoms with Gasteiger partial charge in [0.05, 0.1) is 11.7 Å². The summed E-state index contributed by atoms with van der Waals surface area (Å²) in [4.78, 5) is 37.9. The number of nitrogens with one attached hydrogen (secondary N) is 1. The summed E-state index contributed by atoms with van der Waals surface area (Å²) in [7, 11) is 0. The molecule has 0 saturated carbocycles. The highest BCUT2D eigenvalue weighted by molar-refractivity contribution is 7.17. The number of aryl methyl sites for hydroxylation is 1. The normalized spacial score (nSPS) is 12.8. The smallest absolute Gasteiger partial charge is 0.344 e. The minimum absolute atomic E-state index is 0.267. The number of benzene rings is 1. The summed E-state index contributed by atoms with van der Waals surface area (Å²) in [5.41, 5.74) is 1.37. The molecule has 7 nitrogen and oxygen atoms in total. The van der Waals surface area contributed by atoms with Gasteiger partial charge in [-0.25, -0.2) is 9.59 Å². The van der Waals surface area contributed by atoms with E-state index in [1.807, 2.05) is 0 Å². The number of fused-ring (bicyclic) bond motifs is 1. The molecule has 1 heterocycles. The van der Waals surface area contributed by atoms with Crippen molar-refractivity contribution in [3.05, 3.63) is 45.3 Å². The Morgan fingerprint density at radius 1 is 1.10 bits per heavy atom. The Bertz CT molecular complexity index is 954. The van der Waals surface area contributed by atoms with Crippen molar-refractivity contribution in [1.82, 2.24) is 0 Å². The zero-order chi connectivity index (χ0) is 22.4. The molecule has 0 atom stereocenters. The maximum absolute atomic E-state index is 12.6. The summed E-state index contributed by atoms with van der Waals surface area (Å²) in [5, 5.41) is 3.70. The molecule has 1 aromatic heterocycles. The van der Waals surface area contributed by atoms with Gasteiger partial charge in [-0.1, -0.05) is 11.6 Å². The van der Waals surface area contributed by atoms with Gasteiger partial charge in [-0.2, -0.15) is 0 Å². The number of hydrogen-bond donors (Lipinski definition) is 1. The van der Waals surface area contributed by atoms with E-state index < -0.39 is 24.5 Å². The third-order valence-electron chi connectivity index (χ3n) is 4.51. The number of hydrogen-bond acceptors (Lipinski definition) is 7. The number of ether oxygens (including phenoxy) is 3. The van der Waals surface area contributed by atoms with Crippen molar-refractivity contribution in [3.63, 3.8) is 0 Å². The molecule has 1 aromatic carbocycles. The lowest BCUT2D eigenvalue weighted by atomic mass is 9.95. The molecular weight excluding hydrogens is 442 g/mol. The summed E-state index contributed by atoms with van der Waals surface area (Å²) >= 11 is 7.17. The predicted molar refractivity (Wildman–Crippen MR) is 118 cm³/mol. The van der Waals surface area contributed by atoms with E-state index in [4.69, 9.17) is 25.8 Å². The van der Waals surface area contributed by atoms with Crippen molar-refractivity contribution in [2.45, 2.75) is 45.6 Å². The van der Waals surface area contributed by atoms with Gasteiger partial charge in [-0.15, -0.1) is 11.3 Å². The van der Waals surface area contributed by atoms with Crippen LogP contribution in [-0.2, 0) is 31.9 Å². The topological polar surface area (TPSA) is 90.9 Å². The molecule has 0 radical (unpaired) electrons. The molecule has 3 rings (SSSR count). The molecule has 0 spiro atoms. The number of esters is 2. The van der Waals surface area contributed by atoms with Gasteiger partial charge in [0.1, 0.15) is 10.8 Å². The molecule has 0 saturated heterocycles. The van der Waals surface area contributed by atoms with Crippen LogP contribution in [0.25, 0.3) is 0 Å². The van der Waals surface area contributed by atoms with E-state index >= 15 is 0 Å². The van der Waals surface area contributed by atoms with Crippen LogP contribution in [0.5, 0.6) is 5.75 Å². The first-order valence-corrected chi connectivity index (χ1v) is 11.2. The minimum atomic E-state index is -0.685. The molecule has 0 aliphatic heterocycles. The Balaban J connectivity index is 1.57. The molecule has 1 amide bonds. The second-order valence-electron chi connectivity index (χ2n) is 7.32. The molecule has 0 bridgehead atoms. The quantitative estimate of drug-likeness (QED) is 0.581. The second kappa shape index (κ2) is 10.6. The lowest BCUT2D eigenvalue weighted by Gasteiger charge is -2.14. The second-order valence-corrected chi connectivity index (χ2v) is 8.86. The largest absolute Gasteiger partial charge is 0.482 e. The highest BCUT2D eigenvalue weighted by Crippen LogP contribution is 2.38. The lowest BCUT2D eigenvalue weighted by Crippen LogP contribution is -2.24. The first kappa shape index (κ1) is 23.1. The third-order valence-corrected chi connectivity index (χ3v) is 5.96. The van der Waals surface area contributed by atoms with Gasteiger partial charge in [-0.3, -0.25) is 4.79 Å². The highest BCUT2D eigenvalue weighted by atomic mass is 35.5. The molecule has 2 aromatic rings. The van der Waals surface area contributed by atoms with Crippen molar-refractivity contribution >= 4 is 45.8 Å². The summed E-state index contributed by atoms with van der Waals surface area (Å²) in [6, 6.07) is 6.52. The lowest BCUT2D eigenvalue weighted by molar-refractivity contribution is -0.149. The summed E-state index contributed by atoms with van der Waals surface area (Å²) in [6.07, 6.45) is 3.42. The maximum Gasteiger partial charge on any atom is 0.344 e. The average molecular weight is 466 g/mol. The first-order chi connectivity index (χ1) is 14.8. The van der Waals surface area contributed by atoms with Crippen molar-refractivity contribution in [3.8, 4) is 5.75 Å². The minimum Gasteiger partial charge on any atom is -0.482 e. The van der Waals surface area contributed by atoms with E-state index in [-0.39, 0.29) is 12.7 Å². The Kier molecular flexibility index (Phi) is 7.92. The summed E-state index contributed by atoms with van der Waals surface area (Å²) < 4.78 is 15.6. The van der Waals surface area contributed by atoms with Crippen LogP contribution in [0.2, 0.25) is 5.02 Å². The molecule has 0 fully saturated rings. The van der Waals surface area contributed by atoms with E-state index in [0.717, 1.165) is 36.1 Å². The molecular formula is C22H24ClNO6S. The van der Waals surface area contributed by atoms with E-state index in [9.17, 15) is 14.4 Å². The standard InChI is InChI=1S/C22H24ClNO6S/c1-13(2)30-22(27)20-16-5-3-4-6-17(16)31-21(20)24-18(25)11-29-19(26)12-28-15-9-7-14(23)8-10-15/h7-10,13H,3-6,11-12H2,1-2H3,(H,24,25). The maximum atomic E-state index is 12.6. The van der Waals surface area contributed by atoms with Crippen LogP contribution in [0.15, 0.2) is 24.3 Å². The number of anilines is 1. The van der Waals surface area contributed by atoms with Crippen LogP contribution in [-0.4, -0.2) is 37.2 Å². The first-order valence-electron chi connectivity index (χ1n) is 10.0. The molecule has 9 heteroatoms. The molecule has 1 aliphatic rings. The monoisotopic (exact) mass is 465 g/mol. The fourth-order valence-corrected chi connectivity index (χ4v) is 4.59. The van der Waals surface area contributed by atoms with Crippen LogP contribution in [0.1, 0.15) is 47.5 Å². The number of amides is 1. The van der Waals surface area contributed by atoms with Gasteiger partial charge in [0.25, 0.3) is 5.91 Å². The Morgan fingerprint density at radius 2 is 1.81 bits per heavy atom. The molecule has 166 valence electrons. The predicted octanol–water partition coefficient (Wildman–Crippen LogP) is 4.41. The Hall–Kier alpha value is -2.58.